The number of hydrogen-bond acceptors (Lipinski definition) is 2. The Balaban J connectivity index is 1.44. The molecule has 0 aromatic heterocycles. The van der Waals surface area contributed by atoms with Crippen molar-refractivity contribution in [1.29, 1.82) is 0 Å². The fourth-order valence-corrected chi connectivity index (χ4v) is 3.88. The van der Waals surface area contributed by atoms with Crippen molar-refractivity contribution in [2.45, 2.75) is 38.6 Å². The molecule has 3 nitrogen and oxygen atoms in total. The van der Waals surface area contributed by atoms with Crippen LogP contribution in [0.15, 0.2) is 24.3 Å². The third-order valence-corrected chi connectivity index (χ3v) is 4.98. The first kappa shape index (κ1) is 13.5. The largest absolute Gasteiger partial charge is 0.497 e. The molecule has 1 N–H and O–H groups in total. The van der Waals surface area contributed by atoms with Gasteiger partial charge in [0, 0.05) is 13.0 Å². The monoisotopic (exact) mass is 273 g/mol. The van der Waals surface area contributed by atoms with Gasteiger partial charge in [0.25, 0.3) is 0 Å². The van der Waals surface area contributed by atoms with E-state index in [1.807, 2.05) is 24.3 Å². The highest BCUT2D eigenvalue weighted by molar-refractivity contribution is 5.76. The second-order valence-electron chi connectivity index (χ2n) is 6.26. The Labute approximate surface area is 120 Å². The zero-order chi connectivity index (χ0) is 13.9. The minimum Gasteiger partial charge on any atom is -0.497 e. The molecule has 2 aliphatic rings. The molecular formula is C17H23NO2. The maximum atomic E-state index is 12.0. The van der Waals surface area contributed by atoms with Crippen molar-refractivity contribution in [1.82, 2.24) is 5.32 Å². The molecule has 2 saturated carbocycles. The van der Waals surface area contributed by atoms with Crippen molar-refractivity contribution < 1.29 is 9.53 Å². The molecule has 20 heavy (non-hydrogen) atoms. The molecule has 0 unspecified atom stereocenters. The average molecular weight is 273 g/mol. The van der Waals surface area contributed by atoms with Gasteiger partial charge in [-0.2, -0.15) is 0 Å². The highest BCUT2D eigenvalue weighted by Crippen LogP contribution is 2.49. The smallest absolute Gasteiger partial charge is 0.220 e. The molecule has 1 aromatic carbocycles. The van der Waals surface area contributed by atoms with Crippen molar-refractivity contribution in [3.63, 3.8) is 0 Å². The summed E-state index contributed by atoms with van der Waals surface area (Å²) in [5.41, 5.74) is 1.12. The molecule has 0 radical (unpaired) electrons. The Kier molecular flexibility index (Phi) is 3.95. The van der Waals surface area contributed by atoms with Crippen LogP contribution in [0.4, 0.5) is 0 Å². The number of benzene rings is 1. The van der Waals surface area contributed by atoms with E-state index in [1.54, 1.807) is 7.11 Å². The Morgan fingerprint density at radius 2 is 2.05 bits per heavy atom. The second-order valence-corrected chi connectivity index (χ2v) is 6.26. The SMILES string of the molecule is COc1ccc(CNC(=O)C[C@@H]2C[C@@H]3CC[C@@H]2C3)cc1. The van der Waals surface area contributed by atoms with Gasteiger partial charge >= 0.3 is 0 Å². The van der Waals surface area contributed by atoms with Crippen LogP contribution in [0.2, 0.25) is 0 Å². The summed E-state index contributed by atoms with van der Waals surface area (Å²) in [6.07, 6.45) is 6.12. The van der Waals surface area contributed by atoms with E-state index in [0.717, 1.165) is 29.6 Å². The average Bonchev–Trinajstić information content (AvgIpc) is 3.08. The first-order chi connectivity index (χ1) is 9.74. The number of methoxy groups -OCH3 is 1. The zero-order valence-corrected chi connectivity index (χ0v) is 12.1. The number of rotatable bonds is 5. The maximum absolute atomic E-state index is 12.0. The molecule has 2 fully saturated rings. The van der Waals surface area contributed by atoms with E-state index in [2.05, 4.69) is 5.32 Å². The third kappa shape index (κ3) is 2.97. The molecule has 3 atom stereocenters. The zero-order valence-electron chi connectivity index (χ0n) is 12.1. The maximum Gasteiger partial charge on any atom is 0.220 e. The first-order valence-electron chi connectivity index (χ1n) is 7.64. The molecule has 2 bridgehead atoms. The molecule has 1 aromatic rings. The number of hydrogen-bond donors (Lipinski definition) is 1. The van der Waals surface area contributed by atoms with E-state index in [4.69, 9.17) is 4.74 Å². The summed E-state index contributed by atoms with van der Waals surface area (Å²) in [5, 5.41) is 3.04. The van der Waals surface area contributed by atoms with Gasteiger partial charge in [-0.15, -0.1) is 0 Å². The first-order valence-corrected chi connectivity index (χ1v) is 7.64. The minimum atomic E-state index is 0.207. The summed E-state index contributed by atoms with van der Waals surface area (Å²) in [4.78, 5) is 12.0. The Bertz CT molecular complexity index is 468. The molecule has 1 amide bonds. The van der Waals surface area contributed by atoms with Gasteiger partial charge in [0.05, 0.1) is 7.11 Å². The number of amides is 1. The van der Waals surface area contributed by atoms with Gasteiger partial charge < -0.3 is 10.1 Å². The summed E-state index contributed by atoms with van der Waals surface area (Å²) >= 11 is 0. The lowest BCUT2D eigenvalue weighted by molar-refractivity contribution is -0.122. The molecule has 2 aliphatic carbocycles. The fourth-order valence-electron chi connectivity index (χ4n) is 3.88. The van der Waals surface area contributed by atoms with Gasteiger partial charge in [0.1, 0.15) is 5.75 Å². The molecule has 0 aliphatic heterocycles. The Morgan fingerprint density at radius 3 is 2.65 bits per heavy atom. The molecular weight excluding hydrogens is 250 g/mol. The van der Waals surface area contributed by atoms with Gasteiger partial charge in [0.2, 0.25) is 5.91 Å². The number of carbonyl (C=O) groups excluding carboxylic acids is 1. The van der Waals surface area contributed by atoms with Crippen LogP contribution in [-0.4, -0.2) is 13.0 Å². The van der Waals surface area contributed by atoms with Crippen LogP contribution >= 0.6 is 0 Å². The fraction of sp³-hybridized carbons (Fsp3) is 0.588. The number of carbonyl (C=O) groups is 1. The number of ether oxygens (including phenoxy) is 1. The van der Waals surface area contributed by atoms with E-state index >= 15 is 0 Å². The van der Waals surface area contributed by atoms with E-state index in [0.29, 0.717) is 12.5 Å². The summed E-state index contributed by atoms with van der Waals surface area (Å²) < 4.78 is 5.12. The lowest BCUT2D eigenvalue weighted by atomic mass is 9.86. The molecule has 3 rings (SSSR count). The minimum absolute atomic E-state index is 0.207. The lowest BCUT2D eigenvalue weighted by Gasteiger charge is -2.20. The topological polar surface area (TPSA) is 38.3 Å². The van der Waals surface area contributed by atoms with Crippen LogP contribution in [0.3, 0.4) is 0 Å². The van der Waals surface area contributed by atoms with Crippen LogP contribution < -0.4 is 10.1 Å². The van der Waals surface area contributed by atoms with Crippen LogP contribution in [0.1, 0.15) is 37.7 Å². The normalized spacial score (nSPS) is 27.6. The van der Waals surface area contributed by atoms with E-state index in [-0.39, 0.29) is 5.91 Å². The van der Waals surface area contributed by atoms with Gasteiger partial charge in [0.15, 0.2) is 0 Å². The standard InChI is InChI=1S/C17H23NO2/c1-20-16-6-3-12(4-7-16)11-18-17(19)10-15-9-13-2-5-14(15)8-13/h3-4,6-7,13-15H,2,5,8-11H2,1H3,(H,18,19)/t13-,14-,15+/m1/s1. The highest BCUT2D eigenvalue weighted by atomic mass is 16.5. The van der Waals surface area contributed by atoms with E-state index in [9.17, 15) is 4.79 Å². The Hall–Kier alpha value is -1.51. The summed E-state index contributed by atoms with van der Waals surface area (Å²) in [5.74, 6) is 3.44. The molecule has 3 heteroatoms. The molecule has 0 saturated heterocycles. The molecule has 0 spiro atoms. The molecule has 108 valence electrons. The van der Waals surface area contributed by atoms with Gasteiger partial charge in [-0.3, -0.25) is 4.79 Å². The van der Waals surface area contributed by atoms with Crippen LogP contribution in [0.5, 0.6) is 5.75 Å². The predicted octanol–water partition coefficient (Wildman–Crippen LogP) is 3.14. The summed E-state index contributed by atoms with van der Waals surface area (Å²) in [6.45, 7) is 0.615. The summed E-state index contributed by atoms with van der Waals surface area (Å²) in [6, 6.07) is 7.85. The van der Waals surface area contributed by atoms with Gasteiger partial charge in [-0.05, 0) is 54.7 Å². The van der Waals surface area contributed by atoms with Crippen molar-refractivity contribution >= 4 is 5.91 Å². The van der Waals surface area contributed by atoms with Crippen molar-refractivity contribution in [2.24, 2.45) is 17.8 Å². The van der Waals surface area contributed by atoms with Gasteiger partial charge in [-0.1, -0.05) is 18.6 Å². The predicted molar refractivity (Wildman–Crippen MR) is 78.4 cm³/mol. The van der Waals surface area contributed by atoms with E-state index in [1.165, 1.54) is 25.7 Å². The van der Waals surface area contributed by atoms with Crippen molar-refractivity contribution in [2.75, 3.05) is 7.11 Å². The second kappa shape index (κ2) is 5.86. The van der Waals surface area contributed by atoms with E-state index < -0.39 is 0 Å². The van der Waals surface area contributed by atoms with Crippen LogP contribution in [-0.2, 0) is 11.3 Å². The Morgan fingerprint density at radius 1 is 1.25 bits per heavy atom. The highest BCUT2D eigenvalue weighted by Gasteiger charge is 2.39. The van der Waals surface area contributed by atoms with Crippen LogP contribution in [0.25, 0.3) is 0 Å². The summed E-state index contributed by atoms with van der Waals surface area (Å²) in [7, 11) is 1.66. The van der Waals surface area contributed by atoms with Crippen molar-refractivity contribution in [3.05, 3.63) is 29.8 Å². The quantitative estimate of drug-likeness (QED) is 0.895. The number of nitrogens with one attached hydrogen (secondary N) is 1. The number of fused-ring (bicyclic) bond motifs is 2. The van der Waals surface area contributed by atoms with Gasteiger partial charge in [-0.25, -0.2) is 0 Å². The molecule has 0 heterocycles. The van der Waals surface area contributed by atoms with Crippen LogP contribution in [0, 0.1) is 17.8 Å². The lowest BCUT2D eigenvalue weighted by Crippen LogP contribution is -2.26. The van der Waals surface area contributed by atoms with Crippen molar-refractivity contribution in [3.8, 4) is 5.75 Å². The third-order valence-electron chi connectivity index (χ3n) is 4.98.